The van der Waals surface area contributed by atoms with E-state index in [0.29, 0.717) is 23.7 Å². The summed E-state index contributed by atoms with van der Waals surface area (Å²) < 4.78 is 11.6. The molecule has 1 heterocycles. The standard InChI is InChI=1S/C25H40O8/c1-24-9-7-13(26)11-12(24)3-4-14-15-5-6-17(25(15,2)10-8-16(14)24)32-23-20(29)18(27)19(28)21(33-23)22(30)31/h12-21,23,26-29H,3-11H2,1-2H3,(H,30,31)/p-1/t12-,13-,14-,15-,16-,17-,18-,19-,20+,21-,23+,24-,25-/m0/s1. The van der Waals surface area contributed by atoms with E-state index in [1.54, 1.807) is 0 Å². The molecule has 5 fully saturated rings. The molecule has 13 atom stereocenters. The Hall–Kier alpha value is -0.770. The molecule has 0 aromatic rings. The summed E-state index contributed by atoms with van der Waals surface area (Å²) >= 11 is 0. The maximum Gasteiger partial charge on any atom is 0.187 e. The number of carboxylic acid groups (broad SMARTS) is 1. The first-order valence-electron chi connectivity index (χ1n) is 12.8. The van der Waals surface area contributed by atoms with Gasteiger partial charge in [-0.15, -0.1) is 0 Å². The average Bonchev–Trinajstić information content (AvgIpc) is 3.10. The molecule has 0 radical (unpaired) electrons. The van der Waals surface area contributed by atoms with Gasteiger partial charge in [0.25, 0.3) is 0 Å². The summed E-state index contributed by atoms with van der Waals surface area (Å²) in [5, 5.41) is 52.1. The third-order valence-electron chi connectivity index (χ3n) is 10.7. The first-order valence-corrected chi connectivity index (χ1v) is 12.8. The molecule has 5 rings (SSSR count). The second kappa shape index (κ2) is 8.42. The lowest BCUT2D eigenvalue weighted by Crippen LogP contribution is -2.63. The zero-order valence-electron chi connectivity index (χ0n) is 19.6. The van der Waals surface area contributed by atoms with Gasteiger partial charge in [0, 0.05) is 0 Å². The fraction of sp³-hybridized carbons (Fsp3) is 0.960. The van der Waals surface area contributed by atoms with Crippen molar-refractivity contribution in [3.63, 3.8) is 0 Å². The van der Waals surface area contributed by atoms with Crippen molar-refractivity contribution in [3.05, 3.63) is 0 Å². The summed E-state index contributed by atoms with van der Waals surface area (Å²) in [6, 6.07) is 0. The van der Waals surface area contributed by atoms with E-state index in [1.165, 1.54) is 6.42 Å². The number of aliphatic hydroxyl groups is 4. The Balaban J connectivity index is 1.32. The molecule has 8 heteroatoms. The monoisotopic (exact) mass is 467 g/mol. The quantitative estimate of drug-likeness (QED) is 0.466. The number of hydrogen-bond donors (Lipinski definition) is 4. The first kappa shape index (κ1) is 23.9. The van der Waals surface area contributed by atoms with Gasteiger partial charge in [0.2, 0.25) is 0 Å². The number of aliphatic carboxylic acids is 1. The summed E-state index contributed by atoms with van der Waals surface area (Å²) in [5.74, 6) is 0.700. The third-order valence-corrected chi connectivity index (χ3v) is 10.7. The summed E-state index contributed by atoms with van der Waals surface area (Å²) in [6.07, 6.45) is 0.758. The van der Waals surface area contributed by atoms with Gasteiger partial charge in [-0.1, -0.05) is 13.8 Å². The summed E-state index contributed by atoms with van der Waals surface area (Å²) in [6.45, 7) is 4.70. The van der Waals surface area contributed by atoms with Crippen LogP contribution in [0, 0.1) is 34.5 Å². The molecule has 0 unspecified atom stereocenters. The smallest absolute Gasteiger partial charge is 0.187 e. The van der Waals surface area contributed by atoms with E-state index in [4.69, 9.17) is 9.47 Å². The maximum atomic E-state index is 11.4. The zero-order chi connectivity index (χ0) is 23.7. The number of aliphatic hydroxyl groups excluding tert-OH is 4. The van der Waals surface area contributed by atoms with Crippen LogP contribution in [0.15, 0.2) is 0 Å². The van der Waals surface area contributed by atoms with Crippen LogP contribution in [0.3, 0.4) is 0 Å². The van der Waals surface area contributed by atoms with Gasteiger partial charge in [-0.05, 0) is 92.3 Å². The molecule has 4 aliphatic carbocycles. The average molecular weight is 468 g/mol. The Bertz CT molecular complexity index is 761. The molecule has 0 spiro atoms. The van der Waals surface area contributed by atoms with E-state index in [0.717, 1.165) is 51.4 Å². The highest BCUT2D eigenvalue weighted by atomic mass is 16.7. The molecule has 5 aliphatic rings. The topological polar surface area (TPSA) is 140 Å². The fourth-order valence-electron chi connectivity index (χ4n) is 8.73. The molecule has 0 amide bonds. The van der Waals surface area contributed by atoms with Crippen molar-refractivity contribution in [1.29, 1.82) is 0 Å². The minimum Gasteiger partial charge on any atom is -0.547 e. The van der Waals surface area contributed by atoms with Gasteiger partial charge < -0.3 is 39.8 Å². The highest BCUT2D eigenvalue weighted by molar-refractivity contribution is 5.71. The van der Waals surface area contributed by atoms with Gasteiger partial charge in [0.1, 0.15) is 24.4 Å². The summed E-state index contributed by atoms with van der Waals surface area (Å²) in [5.41, 5.74) is 0.173. The Morgan fingerprint density at radius 2 is 1.58 bits per heavy atom. The molecule has 0 aromatic carbocycles. The van der Waals surface area contributed by atoms with Crippen LogP contribution in [-0.2, 0) is 14.3 Å². The van der Waals surface area contributed by atoms with Crippen molar-refractivity contribution in [1.82, 2.24) is 0 Å². The number of hydrogen-bond acceptors (Lipinski definition) is 8. The molecule has 4 saturated carbocycles. The lowest BCUT2D eigenvalue weighted by molar-refractivity contribution is -0.355. The molecular weight excluding hydrogens is 428 g/mol. The van der Waals surface area contributed by atoms with Crippen LogP contribution < -0.4 is 5.11 Å². The molecule has 1 saturated heterocycles. The van der Waals surface area contributed by atoms with E-state index >= 15 is 0 Å². The molecule has 0 bridgehead atoms. The van der Waals surface area contributed by atoms with Gasteiger partial charge in [-0.2, -0.15) is 0 Å². The molecule has 1 aliphatic heterocycles. The number of carbonyl (C=O) groups is 1. The van der Waals surface area contributed by atoms with Crippen molar-refractivity contribution in [2.24, 2.45) is 34.5 Å². The lowest BCUT2D eigenvalue weighted by atomic mass is 9.45. The normalized spacial score (nSPS) is 56.5. The van der Waals surface area contributed by atoms with Gasteiger partial charge >= 0.3 is 0 Å². The second-order valence-electron chi connectivity index (χ2n) is 12.0. The Morgan fingerprint density at radius 3 is 2.30 bits per heavy atom. The predicted octanol–water partition coefficient (Wildman–Crippen LogP) is 0.333. The number of carboxylic acids is 1. The largest absolute Gasteiger partial charge is 0.547 e. The van der Waals surface area contributed by atoms with E-state index in [-0.39, 0.29) is 23.0 Å². The molecule has 4 N–H and O–H groups in total. The summed E-state index contributed by atoms with van der Waals surface area (Å²) in [4.78, 5) is 11.4. The second-order valence-corrected chi connectivity index (χ2v) is 12.0. The van der Waals surface area contributed by atoms with E-state index < -0.39 is 36.7 Å². The van der Waals surface area contributed by atoms with Crippen LogP contribution in [0.25, 0.3) is 0 Å². The third kappa shape index (κ3) is 3.67. The zero-order valence-corrected chi connectivity index (χ0v) is 19.6. The molecule has 0 aromatic heterocycles. The number of fused-ring (bicyclic) bond motifs is 5. The van der Waals surface area contributed by atoms with Crippen LogP contribution in [-0.4, -0.2) is 69.3 Å². The van der Waals surface area contributed by atoms with Crippen molar-refractivity contribution in [3.8, 4) is 0 Å². The highest BCUT2D eigenvalue weighted by Crippen LogP contribution is 2.66. The van der Waals surface area contributed by atoms with Gasteiger partial charge in [-0.25, -0.2) is 0 Å². The van der Waals surface area contributed by atoms with Crippen LogP contribution >= 0.6 is 0 Å². The highest BCUT2D eigenvalue weighted by Gasteiger charge is 2.61. The Kier molecular flexibility index (Phi) is 6.11. The lowest BCUT2D eigenvalue weighted by Gasteiger charge is -2.61. The molecule has 8 nitrogen and oxygen atoms in total. The number of rotatable bonds is 3. The van der Waals surface area contributed by atoms with Gasteiger partial charge in [0.05, 0.1) is 18.2 Å². The molecule has 33 heavy (non-hydrogen) atoms. The Labute approximate surface area is 195 Å². The van der Waals surface area contributed by atoms with Crippen molar-refractivity contribution in [2.45, 2.75) is 115 Å². The van der Waals surface area contributed by atoms with E-state index in [2.05, 4.69) is 13.8 Å². The number of ether oxygens (including phenoxy) is 2. The minimum absolute atomic E-state index is 0.111. The molecular formula is C25H39O8-. The van der Waals surface area contributed by atoms with Crippen molar-refractivity contribution < 1.29 is 39.8 Å². The van der Waals surface area contributed by atoms with Crippen LogP contribution in [0.4, 0.5) is 0 Å². The van der Waals surface area contributed by atoms with E-state index in [1.807, 2.05) is 0 Å². The number of carbonyl (C=O) groups excluding carboxylic acids is 1. The summed E-state index contributed by atoms with van der Waals surface area (Å²) in [7, 11) is 0. The van der Waals surface area contributed by atoms with Gasteiger partial charge in [-0.3, -0.25) is 0 Å². The van der Waals surface area contributed by atoms with Crippen molar-refractivity contribution >= 4 is 5.97 Å². The van der Waals surface area contributed by atoms with Gasteiger partial charge in [0.15, 0.2) is 6.29 Å². The van der Waals surface area contributed by atoms with Crippen LogP contribution in [0.1, 0.15) is 71.6 Å². The molecule has 188 valence electrons. The minimum atomic E-state index is -1.77. The van der Waals surface area contributed by atoms with Crippen LogP contribution in [0.5, 0.6) is 0 Å². The van der Waals surface area contributed by atoms with Crippen LogP contribution in [0.2, 0.25) is 0 Å². The first-order chi connectivity index (χ1) is 15.6. The SMILES string of the molecule is C[C@]12CC[C@H](O)C[C@@H]1CC[C@@H]1[C@@H]2CC[C@]2(C)[C@@H](O[C@@H]3O[C@H](C(=O)[O-])[C@@H](O)[C@H](O)[C@H]3O)CC[C@@H]12. The van der Waals surface area contributed by atoms with Crippen molar-refractivity contribution in [2.75, 3.05) is 0 Å². The predicted molar refractivity (Wildman–Crippen MR) is 114 cm³/mol. The maximum absolute atomic E-state index is 11.4. The Morgan fingerprint density at radius 1 is 0.879 bits per heavy atom. The van der Waals surface area contributed by atoms with E-state index in [9.17, 15) is 30.3 Å². The fourth-order valence-corrected chi connectivity index (χ4v) is 8.73.